The molecule has 6 aromatic carbocycles. The summed E-state index contributed by atoms with van der Waals surface area (Å²) in [5, 5.41) is 13.8. The largest absolute Gasteiger partial charge is 0.435 e. The Morgan fingerprint density at radius 1 is 0.516 bits per heavy atom. The van der Waals surface area contributed by atoms with Gasteiger partial charge in [-0.1, -0.05) is 54.6 Å². The number of hydrogen-bond acceptors (Lipinski definition) is 2. The van der Waals surface area contributed by atoms with Gasteiger partial charge in [0, 0.05) is 0 Å². The lowest BCUT2D eigenvalue weighted by molar-refractivity contribution is 0.508. The van der Waals surface area contributed by atoms with E-state index in [0.29, 0.717) is 0 Å². The molecule has 0 aliphatic carbocycles. The minimum atomic E-state index is -0.0161. The first-order valence-corrected chi connectivity index (χ1v) is 12.1. The van der Waals surface area contributed by atoms with Gasteiger partial charge in [0.2, 0.25) is 10.5 Å². The Balaban J connectivity index is 1.62. The monoisotopic (exact) mass is 443 g/mol. The molecule has 0 fully saturated rings. The van der Waals surface area contributed by atoms with Gasteiger partial charge in [-0.3, -0.25) is 0 Å². The molecular weight excluding hydrogens is 429 g/mol. The topological polar surface area (TPSA) is 18.5 Å². The van der Waals surface area contributed by atoms with Crippen LogP contribution in [-0.4, -0.2) is 30.3 Å². The Morgan fingerprint density at radius 3 is 1.84 bits per heavy atom. The van der Waals surface area contributed by atoms with E-state index in [9.17, 15) is 0 Å². The fraction of sp³-hybridized carbons (Fsp3) is 0. The van der Waals surface area contributed by atoms with Gasteiger partial charge in [0.25, 0.3) is 9.76 Å². The van der Waals surface area contributed by atoms with Crippen LogP contribution in [0.2, 0.25) is 0 Å². The molecule has 31 heavy (non-hydrogen) atoms. The zero-order chi connectivity index (χ0) is 20.8. The highest BCUT2D eigenvalue weighted by molar-refractivity contribution is 6.56. The Hall–Kier alpha value is -2.81. The molecule has 0 amide bonds. The molecule has 0 atom stereocenters. The van der Waals surface area contributed by atoms with Crippen molar-refractivity contribution >= 4 is 89.3 Å². The van der Waals surface area contributed by atoms with Crippen LogP contribution in [0, 0.1) is 0 Å². The minimum Gasteiger partial charge on any atom is -0.435 e. The summed E-state index contributed by atoms with van der Waals surface area (Å²) in [6, 6.07) is 33.3. The molecule has 6 aromatic rings. The summed E-state index contributed by atoms with van der Waals surface area (Å²) >= 11 is 0. The second-order valence-electron chi connectivity index (χ2n) is 7.67. The summed E-state index contributed by atoms with van der Waals surface area (Å²) in [5.74, 6) is 0. The molecule has 0 unspecified atom stereocenters. The van der Waals surface area contributed by atoms with Crippen molar-refractivity contribution in [2.75, 3.05) is 0 Å². The number of rotatable bonds is 4. The van der Waals surface area contributed by atoms with Crippen LogP contribution in [0.3, 0.4) is 0 Å². The minimum absolute atomic E-state index is 0.0161. The lowest BCUT2D eigenvalue weighted by Gasteiger charge is -2.11. The summed E-state index contributed by atoms with van der Waals surface area (Å²) in [7, 11) is 3.23. The van der Waals surface area contributed by atoms with Gasteiger partial charge in [-0.05, 0) is 95.4 Å². The predicted octanol–water partition coefficient (Wildman–Crippen LogP) is 5.35. The molecule has 0 aromatic heterocycles. The van der Waals surface area contributed by atoms with E-state index >= 15 is 0 Å². The van der Waals surface area contributed by atoms with E-state index < -0.39 is 0 Å². The van der Waals surface area contributed by atoms with E-state index in [1.54, 1.807) is 0 Å². The third-order valence-corrected chi connectivity index (χ3v) is 7.63. The molecule has 0 saturated carbocycles. The number of benzene rings is 6. The molecular formula is C26H15O2Si3. The zero-order valence-electron chi connectivity index (χ0n) is 16.5. The van der Waals surface area contributed by atoms with E-state index in [0.717, 1.165) is 0 Å². The summed E-state index contributed by atoms with van der Waals surface area (Å²) in [5.41, 5.74) is 0. The van der Waals surface area contributed by atoms with E-state index in [1.807, 2.05) is 0 Å². The quantitative estimate of drug-likeness (QED) is 0.158. The molecule has 0 spiro atoms. The average Bonchev–Trinajstić information content (AvgIpc) is 2.80. The van der Waals surface area contributed by atoms with Gasteiger partial charge in [0.1, 0.15) is 0 Å². The highest BCUT2D eigenvalue weighted by Crippen LogP contribution is 2.33. The van der Waals surface area contributed by atoms with E-state index in [-0.39, 0.29) is 19.8 Å². The van der Waals surface area contributed by atoms with Crippen molar-refractivity contribution in [1.29, 1.82) is 0 Å². The van der Waals surface area contributed by atoms with Crippen LogP contribution in [0.1, 0.15) is 0 Å². The number of fused-ring (bicyclic) bond motifs is 6. The summed E-state index contributed by atoms with van der Waals surface area (Å²) in [6.07, 6.45) is 0. The van der Waals surface area contributed by atoms with Gasteiger partial charge in [0.05, 0.1) is 0 Å². The Labute approximate surface area is 188 Å². The smallest absolute Gasteiger partial charge is 0.409 e. The second kappa shape index (κ2) is 7.71. The van der Waals surface area contributed by atoms with Crippen LogP contribution in [0.5, 0.6) is 0 Å². The molecule has 0 bridgehead atoms. The van der Waals surface area contributed by atoms with E-state index in [2.05, 4.69) is 101 Å². The van der Waals surface area contributed by atoms with Crippen LogP contribution in [0.15, 0.2) is 91.0 Å². The lowest BCUT2D eigenvalue weighted by atomic mass is 9.95. The highest BCUT2D eigenvalue weighted by atomic mass is 28.3. The van der Waals surface area contributed by atoms with Crippen molar-refractivity contribution < 1.29 is 8.23 Å². The summed E-state index contributed by atoms with van der Waals surface area (Å²) in [6.45, 7) is 0. The molecule has 0 aliphatic heterocycles. The molecule has 0 N–H and O–H groups in total. The second-order valence-corrected chi connectivity index (χ2v) is 10.2. The third-order valence-electron chi connectivity index (χ3n) is 5.90. The highest BCUT2D eigenvalue weighted by Gasteiger charge is 2.09. The van der Waals surface area contributed by atoms with Crippen LogP contribution in [0.25, 0.3) is 53.9 Å². The van der Waals surface area contributed by atoms with Gasteiger partial charge in [-0.25, -0.2) is 0 Å². The Morgan fingerprint density at radius 2 is 1.10 bits per heavy atom. The zero-order valence-corrected chi connectivity index (χ0v) is 19.5. The summed E-state index contributed by atoms with van der Waals surface area (Å²) < 4.78 is 10.6. The molecule has 143 valence electrons. The van der Waals surface area contributed by atoms with E-state index in [4.69, 9.17) is 8.23 Å². The Kier molecular flexibility index (Phi) is 4.70. The molecule has 0 heterocycles. The maximum absolute atomic E-state index is 5.66. The van der Waals surface area contributed by atoms with Gasteiger partial charge >= 0.3 is 10.0 Å². The van der Waals surface area contributed by atoms with Crippen molar-refractivity contribution in [3.05, 3.63) is 91.0 Å². The molecule has 2 nitrogen and oxygen atoms in total. The summed E-state index contributed by atoms with van der Waals surface area (Å²) in [4.78, 5) is 0. The van der Waals surface area contributed by atoms with E-state index in [1.165, 1.54) is 59.0 Å². The van der Waals surface area contributed by atoms with Crippen molar-refractivity contribution in [1.82, 2.24) is 0 Å². The van der Waals surface area contributed by atoms with Gasteiger partial charge in [-0.15, -0.1) is 0 Å². The van der Waals surface area contributed by atoms with Gasteiger partial charge < -0.3 is 8.23 Å². The van der Waals surface area contributed by atoms with Crippen molar-refractivity contribution in [3.63, 3.8) is 0 Å². The van der Waals surface area contributed by atoms with Crippen LogP contribution in [0.4, 0.5) is 0 Å². The number of hydrogen-bond donors (Lipinski definition) is 0. The SMILES string of the molecule is [Si]O[Si]O[Si]c1cccc2cc3ccc4cc5cc6ccccc6cc5cc4c3cc12. The standard InChI is InChI=1S/C26H15O2Si3/c29-27-31-28-30-26-7-3-6-18-12-19-8-9-20-13-21-10-16-4-1-2-5-17(16)11-22(21)14-23(20)24(19)15-25(18)26/h1-15H. The van der Waals surface area contributed by atoms with Crippen LogP contribution in [-0.2, 0) is 8.23 Å². The first-order valence-electron chi connectivity index (χ1n) is 10.0. The van der Waals surface area contributed by atoms with Crippen molar-refractivity contribution in [3.8, 4) is 0 Å². The molecule has 6 rings (SSSR count). The maximum atomic E-state index is 5.66. The van der Waals surface area contributed by atoms with Gasteiger partial charge in [-0.2, -0.15) is 0 Å². The molecule has 7 radical (unpaired) electrons. The first kappa shape index (κ1) is 18.9. The fourth-order valence-corrected chi connectivity index (χ4v) is 6.10. The molecule has 0 saturated heterocycles. The van der Waals surface area contributed by atoms with Crippen molar-refractivity contribution in [2.45, 2.75) is 0 Å². The maximum Gasteiger partial charge on any atom is 0.409 e. The third kappa shape index (κ3) is 3.31. The lowest BCUT2D eigenvalue weighted by Crippen LogP contribution is -2.21. The fourth-order valence-electron chi connectivity index (χ4n) is 4.46. The predicted molar refractivity (Wildman–Crippen MR) is 133 cm³/mol. The van der Waals surface area contributed by atoms with Crippen LogP contribution < -0.4 is 5.19 Å². The van der Waals surface area contributed by atoms with Crippen molar-refractivity contribution in [2.24, 2.45) is 0 Å². The average molecular weight is 444 g/mol. The van der Waals surface area contributed by atoms with Gasteiger partial charge in [0.15, 0.2) is 0 Å². The Bertz CT molecular complexity index is 1610. The van der Waals surface area contributed by atoms with Crippen LogP contribution >= 0.6 is 0 Å². The first-order chi connectivity index (χ1) is 15.3. The molecule has 0 aliphatic rings. The molecule has 5 heteroatoms. The normalized spacial score (nSPS) is 11.9.